The van der Waals surface area contributed by atoms with E-state index in [1.807, 2.05) is 25.8 Å². The summed E-state index contributed by atoms with van der Waals surface area (Å²) < 4.78 is 0. The molecule has 0 bridgehead atoms. The summed E-state index contributed by atoms with van der Waals surface area (Å²) in [5.41, 5.74) is 0. The van der Waals surface area contributed by atoms with Gasteiger partial charge in [0.1, 0.15) is 5.84 Å². The lowest BCUT2D eigenvalue weighted by molar-refractivity contribution is 0.300. The van der Waals surface area contributed by atoms with Gasteiger partial charge in [0.05, 0.1) is 0 Å². The molecule has 0 aromatic rings. The lowest BCUT2D eigenvalue weighted by Gasteiger charge is -2.31. The smallest absolute Gasteiger partial charge is 0.122 e. The fourth-order valence-electron chi connectivity index (χ4n) is 0.825. The summed E-state index contributed by atoms with van der Waals surface area (Å²) in [6.07, 6.45) is 4.79. The average Bonchev–Trinajstić information content (AvgIpc) is 2.01. The molecule has 1 heterocycles. The zero-order chi connectivity index (χ0) is 9.40. The van der Waals surface area contributed by atoms with Crippen molar-refractivity contribution in [1.29, 1.82) is 5.41 Å². The van der Waals surface area contributed by atoms with E-state index in [0.29, 0.717) is 5.84 Å². The molecule has 0 aliphatic carbocycles. The molecule has 0 unspecified atom stereocenters. The third kappa shape index (κ3) is 3.42. The molecule has 0 aromatic heterocycles. The van der Waals surface area contributed by atoms with Gasteiger partial charge >= 0.3 is 0 Å². The van der Waals surface area contributed by atoms with Crippen LogP contribution in [0.3, 0.4) is 0 Å². The van der Waals surface area contributed by atoms with Crippen LogP contribution in [-0.4, -0.2) is 30.9 Å². The highest BCUT2D eigenvalue weighted by atomic mass is 15.2. The predicted molar refractivity (Wildman–Crippen MR) is 53.5 cm³/mol. The molecule has 0 amide bonds. The van der Waals surface area contributed by atoms with Gasteiger partial charge in [-0.05, 0) is 18.7 Å². The second-order valence-corrected chi connectivity index (χ2v) is 2.35. The van der Waals surface area contributed by atoms with E-state index < -0.39 is 0 Å². The van der Waals surface area contributed by atoms with Gasteiger partial charge in [-0.15, -0.1) is 0 Å². The Morgan fingerprint density at radius 3 is 2.33 bits per heavy atom. The number of rotatable bonds is 2. The molecule has 3 nitrogen and oxygen atoms in total. The minimum Gasteiger partial charge on any atom is -0.394 e. The van der Waals surface area contributed by atoms with Gasteiger partial charge in [0, 0.05) is 20.1 Å². The standard InChI is InChI=1S/C7H13N3.C2H6/c1-9-4-3-7(8)10-5-2-6-10;1-2/h3-4,8-9H,2,5-6H2,1H3;1-2H3/b4-3-,8-7?;. The van der Waals surface area contributed by atoms with Crippen molar-refractivity contribution < 1.29 is 0 Å². The summed E-state index contributed by atoms with van der Waals surface area (Å²) in [7, 11) is 1.83. The van der Waals surface area contributed by atoms with E-state index in [1.54, 1.807) is 12.3 Å². The van der Waals surface area contributed by atoms with Crippen LogP contribution in [0, 0.1) is 5.41 Å². The molecule has 0 aromatic carbocycles. The van der Waals surface area contributed by atoms with Crippen LogP contribution in [0.5, 0.6) is 0 Å². The number of hydrogen-bond acceptors (Lipinski definition) is 2. The molecule has 2 N–H and O–H groups in total. The maximum absolute atomic E-state index is 7.45. The van der Waals surface area contributed by atoms with Crippen LogP contribution in [-0.2, 0) is 0 Å². The first-order valence-electron chi connectivity index (χ1n) is 4.52. The molecule has 1 rings (SSSR count). The van der Waals surface area contributed by atoms with Gasteiger partial charge < -0.3 is 10.2 Å². The van der Waals surface area contributed by atoms with E-state index in [2.05, 4.69) is 5.32 Å². The first kappa shape index (κ1) is 11.0. The minimum absolute atomic E-state index is 0.612. The van der Waals surface area contributed by atoms with Gasteiger partial charge in [-0.25, -0.2) is 0 Å². The molecule has 0 radical (unpaired) electrons. The largest absolute Gasteiger partial charge is 0.394 e. The molecule has 1 saturated heterocycles. The maximum atomic E-state index is 7.45. The van der Waals surface area contributed by atoms with Crippen molar-refractivity contribution in [3.63, 3.8) is 0 Å². The van der Waals surface area contributed by atoms with E-state index in [1.165, 1.54) is 6.42 Å². The number of likely N-dealkylation sites (tertiary alicyclic amines) is 1. The summed E-state index contributed by atoms with van der Waals surface area (Å²) in [5, 5.41) is 10.3. The highest BCUT2D eigenvalue weighted by Gasteiger charge is 2.14. The van der Waals surface area contributed by atoms with E-state index >= 15 is 0 Å². The molecular formula is C9H19N3. The molecular weight excluding hydrogens is 150 g/mol. The predicted octanol–water partition coefficient (Wildman–Crippen LogP) is 1.43. The number of hydrogen-bond donors (Lipinski definition) is 2. The van der Waals surface area contributed by atoms with Gasteiger partial charge in [0.15, 0.2) is 0 Å². The van der Waals surface area contributed by atoms with Crippen LogP contribution < -0.4 is 5.32 Å². The Kier molecular flexibility index (Phi) is 6.15. The fourth-order valence-corrected chi connectivity index (χ4v) is 0.825. The normalized spacial score (nSPS) is 14.8. The zero-order valence-electron chi connectivity index (χ0n) is 8.22. The number of nitrogens with one attached hydrogen (secondary N) is 2. The van der Waals surface area contributed by atoms with Crippen molar-refractivity contribution in [2.75, 3.05) is 20.1 Å². The topological polar surface area (TPSA) is 39.1 Å². The van der Waals surface area contributed by atoms with Gasteiger partial charge in [-0.2, -0.15) is 0 Å². The van der Waals surface area contributed by atoms with Crippen molar-refractivity contribution >= 4 is 5.84 Å². The van der Waals surface area contributed by atoms with Crippen LogP contribution >= 0.6 is 0 Å². The molecule has 1 aliphatic rings. The lowest BCUT2D eigenvalue weighted by Crippen LogP contribution is -2.40. The Hall–Kier alpha value is -0.990. The Bertz CT molecular complexity index is 148. The molecule has 0 atom stereocenters. The van der Waals surface area contributed by atoms with Gasteiger partial charge in [0.2, 0.25) is 0 Å². The third-order valence-electron chi connectivity index (χ3n) is 1.60. The molecule has 70 valence electrons. The van der Waals surface area contributed by atoms with E-state index in [9.17, 15) is 0 Å². The summed E-state index contributed by atoms with van der Waals surface area (Å²) in [6, 6.07) is 0. The maximum Gasteiger partial charge on any atom is 0.122 e. The van der Waals surface area contributed by atoms with Gasteiger partial charge in [0.25, 0.3) is 0 Å². The van der Waals surface area contributed by atoms with Gasteiger partial charge in [-0.1, -0.05) is 13.8 Å². The summed E-state index contributed by atoms with van der Waals surface area (Å²) in [6.45, 7) is 6.10. The second kappa shape index (κ2) is 6.70. The van der Waals surface area contributed by atoms with Crippen LogP contribution in [0.4, 0.5) is 0 Å². The summed E-state index contributed by atoms with van der Waals surface area (Å²) >= 11 is 0. The van der Waals surface area contributed by atoms with Crippen LogP contribution in [0.2, 0.25) is 0 Å². The monoisotopic (exact) mass is 169 g/mol. The molecule has 0 spiro atoms. The summed E-state index contributed by atoms with van der Waals surface area (Å²) in [4.78, 5) is 2.04. The molecule has 12 heavy (non-hydrogen) atoms. The summed E-state index contributed by atoms with van der Waals surface area (Å²) in [5.74, 6) is 0.612. The Balaban J connectivity index is 0.000000561. The highest BCUT2D eigenvalue weighted by Crippen LogP contribution is 2.05. The Morgan fingerprint density at radius 2 is 2.00 bits per heavy atom. The van der Waals surface area contributed by atoms with Crippen molar-refractivity contribution in [2.24, 2.45) is 0 Å². The van der Waals surface area contributed by atoms with Crippen molar-refractivity contribution in [2.45, 2.75) is 20.3 Å². The SMILES string of the molecule is CC.CN/C=C\C(=N)N1CCC1. The number of nitrogens with zero attached hydrogens (tertiary/aromatic N) is 1. The Labute approximate surface area is 75.0 Å². The first-order valence-corrected chi connectivity index (χ1v) is 4.52. The average molecular weight is 169 g/mol. The molecule has 1 fully saturated rings. The molecule has 1 aliphatic heterocycles. The second-order valence-electron chi connectivity index (χ2n) is 2.35. The van der Waals surface area contributed by atoms with Crippen LogP contribution in [0.15, 0.2) is 12.3 Å². The third-order valence-corrected chi connectivity index (χ3v) is 1.60. The number of amidine groups is 1. The van der Waals surface area contributed by atoms with Crippen molar-refractivity contribution in [3.05, 3.63) is 12.3 Å². The van der Waals surface area contributed by atoms with Crippen molar-refractivity contribution in [3.8, 4) is 0 Å². The van der Waals surface area contributed by atoms with E-state index in [4.69, 9.17) is 5.41 Å². The van der Waals surface area contributed by atoms with Crippen LogP contribution in [0.1, 0.15) is 20.3 Å². The van der Waals surface area contributed by atoms with Gasteiger partial charge in [-0.3, -0.25) is 5.41 Å². The van der Waals surface area contributed by atoms with E-state index in [0.717, 1.165) is 13.1 Å². The first-order chi connectivity index (χ1) is 5.84. The molecule has 3 heteroatoms. The highest BCUT2D eigenvalue weighted by molar-refractivity contribution is 5.90. The van der Waals surface area contributed by atoms with E-state index in [-0.39, 0.29) is 0 Å². The Morgan fingerprint density at radius 1 is 1.42 bits per heavy atom. The van der Waals surface area contributed by atoms with Crippen molar-refractivity contribution in [1.82, 2.24) is 10.2 Å². The zero-order valence-corrected chi connectivity index (χ0v) is 8.22. The minimum atomic E-state index is 0.612. The quantitative estimate of drug-likeness (QED) is 0.485. The lowest BCUT2D eigenvalue weighted by atomic mass is 10.2. The molecule has 0 saturated carbocycles. The fraction of sp³-hybridized carbons (Fsp3) is 0.667. The van der Waals surface area contributed by atoms with Crippen LogP contribution in [0.25, 0.3) is 0 Å².